The van der Waals surface area contributed by atoms with E-state index in [1.807, 2.05) is 24.3 Å². The zero-order chi connectivity index (χ0) is 25.2. The molecule has 1 fully saturated rings. The maximum absolute atomic E-state index is 13.2. The number of carboxylic acid groups (broad SMARTS) is 1. The van der Waals surface area contributed by atoms with Crippen LogP contribution in [0.4, 0.5) is 9.59 Å². The van der Waals surface area contributed by atoms with Crippen LogP contribution in [0.25, 0.3) is 11.1 Å². The third-order valence-electron chi connectivity index (χ3n) is 6.40. The van der Waals surface area contributed by atoms with Crippen molar-refractivity contribution in [1.82, 2.24) is 9.80 Å². The molecule has 1 aliphatic carbocycles. The van der Waals surface area contributed by atoms with Crippen LogP contribution in [0, 0.1) is 0 Å². The van der Waals surface area contributed by atoms with Crippen LogP contribution in [0.1, 0.15) is 50.7 Å². The van der Waals surface area contributed by atoms with Crippen LogP contribution in [0.3, 0.4) is 0 Å². The third-order valence-corrected chi connectivity index (χ3v) is 6.40. The fourth-order valence-electron chi connectivity index (χ4n) is 4.80. The average Bonchev–Trinajstić information content (AvgIpc) is 3.13. The largest absolute Gasteiger partial charge is 0.481 e. The van der Waals surface area contributed by atoms with Crippen molar-refractivity contribution >= 4 is 18.2 Å². The Bertz CT molecular complexity index is 1060. The van der Waals surface area contributed by atoms with Gasteiger partial charge in [0.05, 0.1) is 6.04 Å². The Morgan fingerprint density at radius 2 is 1.54 bits per heavy atom. The van der Waals surface area contributed by atoms with Gasteiger partial charge < -0.3 is 24.4 Å². The number of nitrogens with zero attached hydrogens (tertiary/aromatic N) is 2. The molecule has 0 radical (unpaired) electrons. The highest BCUT2D eigenvalue weighted by Crippen LogP contribution is 2.44. The highest BCUT2D eigenvalue weighted by molar-refractivity contribution is 5.79. The summed E-state index contributed by atoms with van der Waals surface area (Å²) in [5.74, 6) is -1.02. The molecule has 8 heteroatoms. The van der Waals surface area contributed by atoms with Crippen LogP contribution in [-0.4, -0.2) is 70.9 Å². The Balaban J connectivity index is 1.45. The van der Waals surface area contributed by atoms with Gasteiger partial charge in [0.25, 0.3) is 0 Å². The SMILES string of the molecule is CC(C)(C)OC(=O)N1CCN(C(=O)OCC2c3ccccc3-c3ccccc32)C(CCC(=O)O)C1. The van der Waals surface area contributed by atoms with Gasteiger partial charge in [-0.05, 0) is 49.4 Å². The predicted molar refractivity (Wildman–Crippen MR) is 130 cm³/mol. The van der Waals surface area contributed by atoms with Crippen molar-refractivity contribution in [2.24, 2.45) is 0 Å². The molecule has 2 aromatic carbocycles. The second kappa shape index (κ2) is 9.98. The van der Waals surface area contributed by atoms with Crippen molar-refractivity contribution in [2.45, 2.75) is 51.2 Å². The summed E-state index contributed by atoms with van der Waals surface area (Å²) >= 11 is 0. The van der Waals surface area contributed by atoms with Crippen LogP contribution in [-0.2, 0) is 14.3 Å². The van der Waals surface area contributed by atoms with Gasteiger partial charge in [-0.3, -0.25) is 4.79 Å². The fourth-order valence-corrected chi connectivity index (χ4v) is 4.80. The van der Waals surface area contributed by atoms with E-state index < -0.39 is 29.8 Å². The maximum Gasteiger partial charge on any atom is 0.410 e. The Labute approximate surface area is 205 Å². The van der Waals surface area contributed by atoms with Crippen molar-refractivity contribution in [3.63, 3.8) is 0 Å². The van der Waals surface area contributed by atoms with Gasteiger partial charge in [-0.15, -0.1) is 0 Å². The standard InChI is InChI=1S/C27H32N2O6/c1-27(2,3)35-25(32)28-14-15-29(18(16-28)12-13-24(30)31)26(33)34-17-23-21-10-6-4-8-19(21)20-9-5-7-11-22(20)23/h4-11,18,23H,12-17H2,1-3H3,(H,30,31). The van der Waals surface area contributed by atoms with E-state index in [9.17, 15) is 19.5 Å². The molecule has 4 rings (SSSR count). The highest BCUT2D eigenvalue weighted by atomic mass is 16.6. The smallest absolute Gasteiger partial charge is 0.410 e. The molecule has 1 aliphatic heterocycles. The van der Waals surface area contributed by atoms with E-state index in [4.69, 9.17) is 9.47 Å². The van der Waals surface area contributed by atoms with Gasteiger partial charge >= 0.3 is 18.2 Å². The molecule has 35 heavy (non-hydrogen) atoms. The number of benzene rings is 2. The minimum atomic E-state index is -0.952. The Kier molecular flexibility index (Phi) is 7.00. The lowest BCUT2D eigenvalue weighted by atomic mass is 9.98. The molecule has 2 aliphatic rings. The summed E-state index contributed by atoms with van der Waals surface area (Å²) in [6.07, 6.45) is -0.852. The van der Waals surface area contributed by atoms with Crippen molar-refractivity contribution in [2.75, 3.05) is 26.2 Å². The summed E-state index contributed by atoms with van der Waals surface area (Å²) in [7, 11) is 0. The first-order chi connectivity index (χ1) is 16.6. The van der Waals surface area contributed by atoms with E-state index >= 15 is 0 Å². The van der Waals surface area contributed by atoms with Crippen molar-refractivity contribution in [3.8, 4) is 11.1 Å². The number of carbonyl (C=O) groups is 3. The zero-order valence-electron chi connectivity index (χ0n) is 20.4. The number of fused-ring (bicyclic) bond motifs is 3. The summed E-state index contributed by atoms with van der Waals surface area (Å²) in [6.45, 7) is 6.30. The van der Waals surface area contributed by atoms with Gasteiger partial charge in [0, 0.05) is 32.0 Å². The number of hydrogen-bond donors (Lipinski definition) is 1. The molecular weight excluding hydrogens is 448 g/mol. The van der Waals surface area contributed by atoms with Crippen LogP contribution in [0.5, 0.6) is 0 Å². The van der Waals surface area contributed by atoms with Crippen LogP contribution in [0.15, 0.2) is 48.5 Å². The lowest BCUT2D eigenvalue weighted by Gasteiger charge is -2.41. The normalized spacial score (nSPS) is 17.5. The maximum atomic E-state index is 13.2. The first-order valence-electron chi connectivity index (χ1n) is 12.0. The first kappa shape index (κ1) is 24.6. The number of amides is 2. The molecular formula is C27H32N2O6. The molecule has 0 aromatic heterocycles. The number of piperazine rings is 1. The Morgan fingerprint density at radius 1 is 0.943 bits per heavy atom. The molecule has 2 aromatic rings. The lowest BCUT2D eigenvalue weighted by Crippen LogP contribution is -2.57. The Hall–Kier alpha value is -3.55. The third kappa shape index (κ3) is 5.58. The van der Waals surface area contributed by atoms with Gasteiger partial charge in [0.15, 0.2) is 0 Å². The second-order valence-corrected chi connectivity index (χ2v) is 10.0. The molecule has 2 amide bonds. The van der Waals surface area contributed by atoms with E-state index in [-0.39, 0.29) is 38.5 Å². The van der Waals surface area contributed by atoms with E-state index in [1.165, 1.54) is 4.90 Å². The molecule has 0 spiro atoms. The van der Waals surface area contributed by atoms with Crippen molar-refractivity contribution in [3.05, 3.63) is 59.7 Å². The van der Waals surface area contributed by atoms with Crippen molar-refractivity contribution in [1.29, 1.82) is 0 Å². The van der Waals surface area contributed by atoms with Crippen LogP contribution < -0.4 is 0 Å². The minimum Gasteiger partial charge on any atom is -0.481 e. The number of carboxylic acids is 1. The summed E-state index contributed by atoms with van der Waals surface area (Å²) in [6, 6.07) is 15.8. The molecule has 186 valence electrons. The van der Waals surface area contributed by atoms with Crippen LogP contribution in [0.2, 0.25) is 0 Å². The molecule has 1 saturated heterocycles. The fraction of sp³-hybridized carbons (Fsp3) is 0.444. The van der Waals surface area contributed by atoms with E-state index in [0.717, 1.165) is 22.3 Å². The highest BCUT2D eigenvalue weighted by Gasteiger charge is 2.36. The first-order valence-corrected chi connectivity index (χ1v) is 12.0. The zero-order valence-corrected chi connectivity index (χ0v) is 20.4. The quantitative estimate of drug-likeness (QED) is 0.665. The number of ether oxygens (including phenoxy) is 2. The monoisotopic (exact) mass is 480 g/mol. The number of carbonyl (C=O) groups excluding carboxylic acids is 2. The van der Waals surface area contributed by atoms with Gasteiger partial charge in [-0.2, -0.15) is 0 Å². The topological polar surface area (TPSA) is 96.4 Å². The molecule has 1 unspecified atom stereocenters. The summed E-state index contributed by atoms with van der Waals surface area (Å²) in [5.41, 5.74) is 3.90. The van der Waals surface area contributed by atoms with Gasteiger partial charge in [-0.1, -0.05) is 48.5 Å². The second-order valence-electron chi connectivity index (χ2n) is 10.0. The molecule has 1 N–H and O–H groups in total. The molecule has 1 heterocycles. The molecule has 8 nitrogen and oxygen atoms in total. The van der Waals surface area contributed by atoms with Gasteiger partial charge in [-0.25, -0.2) is 9.59 Å². The summed E-state index contributed by atoms with van der Waals surface area (Å²) in [5, 5.41) is 9.19. The summed E-state index contributed by atoms with van der Waals surface area (Å²) in [4.78, 5) is 40.0. The Morgan fingerprint density at radius 3 is 2.11 bits per heavy atom. The van der Waals surface area contributed by atoms with Gasteiger partial charge in [0.1, 0.15) is 12.2 Å². The summed E-state index contributed by atoms with van der Waals surface area (Å²) < 4.78 is 11.3. The number of rotatable bonds is 5. The lowest BCUT2D eigenvalue weighted by molar-refractivity contribution is -0.137. The minimum absolute atomic E-state index is 0.0631. The van der Waals surface area contributed by atoms with E-state index in [0.29, 0.717) is 6.54 Å². The van der Waals surface area contributed by atoms with Gasteiger partial charge in [0.2, 0.25) is 0 Å². The van der Waals surface area contributed by atoms with E-state index in [1.54, 1.807) is 25.7 Å². The number of hydrogen-bond acceptors (Lipinski definition) is 5. The van der Waals surface area contributed by atoms with E-state index in [2.05, 4.69) is 24.3 Å². The van der Waals surface area contributed by atoms with Crippen LogP contribution >= 0.6 is 0 Å². The molecule has 0 bridgehead atoms. The predicted octanol–water partition coefficient (Wildman–Crippen LogP) is 4.72. The number of aliphatic carboxylic acids is 1. The molecule has 1 atom stereocenters. The molecule has 0 saturated carbocycles. The van der Waals surface area contributed by atoms with Crippen molar-refractivity contribution < 1.29 is 29.0 Å². The average molecular weight is 481 g/mol.